The maximum Gasteiger partial charge on any atom is 0.326 e. The molecular weight excluding hydrogens is 342 g/mol. The van der Waals surface area contributed by atoms with E-state index < -0.39 is 6.03 Å². The van der Waals surface area contributed by atoms with Crippen molar-refractivity contribution in [1.29, 1.82) is 0 Å². The van der Waals surface area contributed by atoms with Crippen LogP contribution in [0.3, 0.4) is 0 Å². The number of aromatic nitrogens is 3. The second kappa shape index (κ2) is 8.41. The first kappa shape index (κ1) is 18.5. The minimum Gasteiger partial charge on any atom is -0.369 e. The number of benzene rings is 1. The van der Waals surface area contributed by atoms with Crippen LogP contribution in [0.2, 0.25) is 0 Å². The molecule has 1 aromatic carbocycles. The van der Waals surface area contributed by atoms with Crippen molar-refractivity contribution in [3.8, 4) is 0 Å². The van der Waals surface area contributed by atoms with Crippen LogP contribution in [-0.4, -0.2) is 53.1 Å². The highest BCUT2D eigenvalue weighted by Gasteiger charge is 2.08. The normalized spacial score (nSPS) is 10.8. The molecule has 3 rings (SSSR count). The van der Waals surface area contributed by atoms with Crippen molar-refractivity contribution in [3.63, 3.8) is 0 Å². The topological polar surface area (TPSA) is 95.1 Å². The van der Waals surface area contributed by atoms with Crippen molar-refractivity contribution < 1.29 is 4.79 Å². The summed E-state index contributed by atoms with van der Waals surface area (Å²) in [5.74, 6) is 0.933. The van der Waals surface area contributed by atoms with E-state index in [4.69, 9.17) is 0 Å². The smallest absolute Gasteiger partial charge is 0.326 e. The molecule has 0 aliphatic rings. The average molecular weight is 365 g/mol. The van der Waals surface area contributed by atoms with Gasteiger partial charge in [0.2, 0.25) is 5.95 Å². The van der Waals surface area contributed by atoms with E-state index in [0.717, 1.165) is 29.6 Å². The van der Waals surface area contributed by atoms with Crippen LogP contribution in [0.4, 0.5) is 22.2 Å². The van der Waals surface area contributed by atoms with Crippen LogP contribution in [0, 0.1) is 6.92 Å². The quantitative estimate of drug-likeness (QED) is 0.622. The molecule has 0 fully saturated rings. The molecule has 0 atom stereocenters. The first-order chi connectivity index (χ1) is 13.0. The predicted octanol–water partition coefficient (Wildman–Crippen LogP) is 2.95. The molecule has 27 heavy (non-hydrogen) atoms. The summed E-state index contributed by atoms with van der Waals surface area (Å²) in [6.07, 6.45) is 3.50. The standard InChI is InChI=1S/C19H23N7O/c1-13-10-17(21-8-9-26(2)3)24-18(22-13)25-19(27)23-16-5-4-15-12-20-7-6-14(15)11-16/h4-7,10-12H,8-9H2,1-3H3,(H3,21,22,23,24,25,27). The number of urea groups is 1. The van der Waals surface area contributed by atoms with Gasteiger partial charge in [-0.2, -0.15) is 4.98 Å². The number of carbonyl (C=O) groups is 1. The first-order valence-corrected chi connectivity index (χ1v) is 8.66. The van der Waals surface area contributed by atoms with E-state index in [1.54, 1.807) is 12.4 Å². The van der Waals surface area contributed by atoms with Gasteiger partial charge in [0.1, 0.15) is 5.82 Å². The van der Waals surface area contributed by atoms with Crippen molar-refractivity contribution in [3.05, 3.63) is 48.4 Å². The third kappa shape index (κ3) is 5.35. The van der Waals surface area contributed by atoms with Crippen molar-refractivity contribution in [2.24, 2.45) is 0 Å². The summed E-state index contributed by atoms with van der Waals surface area (Å²) in [5.41, 5.74) is 1.45. The lowest BCUT2D eigenvalue weighted by atomic mass is 10.1. The summed E-state index contributed by atoms with van der Waals surface area (Å²) in [4.78, 5) is 27.1. The molecule has 8 heteroatoms. The Labute approximate surface area is 158 Å². The Kier molecular flexibility index (Phi) is 5.77. The monoisotopic (exact) mass is 365 g/mol. The number of likely N-dealkylation sites (N-methyl/N-ethyl adjacent to an activating group) is 1. The number of hydrogen-bond acceptors (Lipinski definition) is 6. The third-order valence-corrected chi connectivity index (χ3v) is 3.84. The molecule has 3 N–H and O–H groups in total. The zero-order chi connectivity index (χ0) is 19.2. The number of nitrogens with zero attached hydrogens (tertiary/aromatic N) is 4. The Balaban J connectivity index is 1.64. The molecule has 0 unspecified atom stereocenters. The van der Waals surface area contributed by atoms with Crippen LogP contribution in [0.15, 0.2) is 42.7 Å². The van der Waals surface area contributed by atoms with Gasteiger partial charge in [0, 0.05) is 48.3 Å². The van der Waals surface area contributed by atoms with Gasteiger partial charge in [-0.05, 0) is 44.6 Å². The molecule has 0 saturated carbocycles. The largest absolute Gasteiger partial charge is 0.369 e. The predicted molar refractivity (Wildman–Crippen MR) is 108 cm³/mol. The van der Waals surface area contributed by atoms with Crippen LogP contribution in [0.25, 0.3) is 10.8 Å². The van der Waals surface area contributed by atoms with Crippen molar-refractivity contribution in [2.75, 3.05) is 43.1 Å². The Hall–Kier alpha value is -3.26. The molecule has 0 saturated heterocycles. The van der Waals surface area contributed by atoms with Gasteiger partial charge < -0.3 is 15.5 Å². The lowest BCUT2D eigenvalue weighted by Crippen LogP contribution is -2.23. The van der Waals surface area contributed by atoms with Crippen molar-refractivity contribution in [2.45, 2.75) is 6.92 Å². The number of nitrogens with one attached hydrogen (secondary N) is 3. The van der Waals surface area contributed by atoms with Gasteiger partial charge >= 0.3 is 6.03 Å². The molecule has 140 valence electrons. The highest BCUT2D eigenvalue weighted by Crippen LogP contribution is 2.18. The molecule has 0 bridgehead atoms. The number of hydrogen-bond donors (Lipinski definition) is 3. The Bertz CT molecular complexity index is 942. The highest BCUT2D eigenvalue weighted by molar-refractivity contribution is 6.00. The third-order valence-electron chi connectivity index (χ3n) is 3.84. The maximum absolute atomic E-state index is 12.3. The first-order valence-electron chi connectivity index (χ1n) is 8.66. The van der Waals surface area contributed by atoms with Crippen molar-refractivity contribution >= 4 is 34.3 Å². The van der Waals surface area contributed by atoms with Gasteiger partial charge in [0.25, 0.3) is 0 Å². The minimum absolute atomic E-state index is 0.254. The summed E-state index contributed by atoms with van der Waals surface area (Å²) in [6.45, 7) is 3.49. The zero-order valence-electron chi connectivity index (χ0n) is 15.7. The molecule has 2 aromatic heterocycles. The van der Waals surface area contributed by atoms with Gasteiger partial charge in [-0.15, -0.1) is 0 Å². The van der Waals surface area contributed by atoms with Gasteiger partial charge in [-0.3, -0.25) is 10.3 Å². The van der Waals surface area contributed by atoms with E-state index in [1.165, 1.54) is 0 Å². The molecule has 0 aliphatic carbocycles. The van der Waals surface area contributed by atoms with E-state index in [1.807, 2.05) is 51.4 Å². The van der Waals surface area contributed by atoms with Crippen LogP contribution >= 0.6 is 0 Å². The molecule has 0 spiro atoms. The summed E-state index contributed by atoms with van der Waals surface area (Å²) < 4.78 is 0. The number of carbonyl (C=O) groups excluding carboxylic acids is 1. The Morgan fingerprint density at radius 1 is 1.07 bits per heavy atom. The van der Waals surface area contributed by atoms with Gasteiger partial charge in [-0.25, -0.2) is 9.78 Å². The van der Waals surface area contributed by atoms with E-state index in [9.17, 15) is 4.79 Å². The van der Waals surface area contributed by atoms with Gasteiger partial charge in [-0.1, -0.05) is 6.07 Å². The van der Waals surface area contributed by atoms with Crippen LogP contribution in [-0.2, 0) is 0 Å². The van der Waals surface area contributed by atoms with Gasteiger partial charge in [0.05, 0.1) is 0 Å². The summed E-state index contributed by atoms with van der Waals surface area (Å²) in [7, 11) is 4.01. The average Bonchev–Trinajstić information content (AvgIpc) is 2.60. The Morgan fingerprint density at radius 2 is 1.93 bits per heavy atom. The fourth-order valence-corrected chi connectivity index (χ4v) is 2.55. The second-order valence-corrected chi connectivity index (χ2v) is 6.46. The number of pyridine rings is 1. The van der Waals surface area contributed by atoms with E-state index >= 15 is 0 Å². The number of rotatable bonds is 6. The fraction of sp³-hybridized carbons (Fsp3) is 0.263. The van der Waals surface area contributed by atoms with Crippen LogP contribution < -0.4 is 16.0 Å². The number of amides is 2. The summed E-state index contributed by atoms with van der Waals surface area (Å²) >= 11 is 0. The molecular formula is C19H23N7O. The molecule has 2 heterocycles. The fourth-order valence-electron chi connectivity index (χ4n) is 2.55. The second-order valence-electron chi connectivity index (χ2n) is 6.46. The molecule has 3 aromatic rings. The Morgan fingerprint density at radius 3 is 2.74 bits per heavy atom. The zero-order valence-corrected chi connectivity index (χ0v) is 15.7. The van der Waals surface area contributed by atoms with Crippen LogP contribution in [0.1, 0.15) is 5.69 Å². The van der Waals surface area contributed by atoms with Gasteiger partial charge in [0.15, 0.2) is 0 Å². The summed E-state index contributed by atoms with van der Waals surface area (Å²) in [6, 6.07) is 8.97. The number of anilines is 3. The number of fused-ring (bicyclic) bond motifs is 1. The van der Waals surface area contributed by atoms with E-state index in [-0.39, 0.29) is 5.95 Å². The molecule has 0 aliphatic heterocycles. The molecule has 2 amide bonds. The lowest BCUT2D eigenvalue weighted by Gasteiger charge is -2.12. The van der Waals surface area contributed by atoms with E-state index in [2.05, 4.69) is 35.8 Å². The SMILES string of the molecule is Cc1cc(NCCN(C)C)nc(NC(=O)Nc2ccc3cnccc3c2)n1. The lowest BCUT2D eigenvalue weighted by molar-refractivity contribution is 0.262. The summed E-state index contributed by atoms with van der Waals surface area (Å²) in [5, 5.41) is 10.7. The molecule has 8 nitrogen and oxygen atoms in total. The van der Waals surface area contributed by atoms with E-state index in [0.29, 0.717) is 11.5 Å². The van der Waals surface area contributed by atoms with Crippen molar-refractivity contribution in [1.82, 2.24) is 19.9 Å². The maximum atomic E-state index is 12.3. The highest BCUT2D eigenvalue weighted by atomic mass is 16.2. The van der Waals surface area contributed by atoms with Crippen LogP contribution in [0.5, 0.6) is 0 Å². The molecule has 0 radical (unpaired) electrons. The number of aryl methyl sites for hydroxylation is 1. The minimum atomic E-state index is -0.395.